The first-order chi connectivity index (χ1) is 50.3. The van der Waals surface area contributed by atoms with Crippen LogP contribution < -0.4 is 31.5 Å². The minimum absolute atomic E-state index is 0.0995. The van der Waals surface area contributed by atoms with E-state index in [2.05, 4.69) is 80.1 Å². The minimum atomic E-state index is -3.32. The van der Waals surface area contributed by atoms with Gasteiger partial charge in [0.05, 0.1) is 43.8 Å². The molecule has 24 nitrogen and oxygen atoms in total. The second-order valence-electron chi connectivity index (χ2n) is 27.6. The third-order valence-corrected chi connectivity index (χ3v) is 19.4. The molecule has 28 heteroatoms. The number of anilines is 4. The number of carbonyl (C=O) groups excluding carboxylic acids is 2. The number of hydrogen-bond donors (Lipinski definition) is 6. The number of likely N-dealkylation sites (tertiary alicyclic amines) is 2. The lowest BCUT2D eigenvalue weighted by molar-refractivity contribution is -0.385. The van der Waals surface area contributed by atoms with E-state index in [9.17, 15) is 46.7 Å². The molecule has 2 amide bonds. The van der Waals surface area contributed by atoms with Crippen LogP contribution in [0.1, 0.15) is 139 Å². The van der Waals surface area contributed by atoms with Gasteiger partial charge < -0.3 is 41.4 Å². The lowest BCUT2D eigenvalue weighted by Crippen LogP contribution is -2.41. The monoisotopic (exact) mass is 1620 g/mol. The molecular formula is C78H100Br2N12O12S2. The Morgan fingerprint density at radius 3 is 1.14 bits per heavy atom. The summed E-state index contributed by atoms with van der Waals surface area (Å²) in [6, 6.07) is 51.7. The van der Waals surface area contributed by atoms with E-state index in [1.807, 2.05) is 126 Å². The highest BCUT2D eigenvalue weighted by Gasteiger charge is 2.31. The molecule has 8 aromatic rings. The third kappa shape index (κ3) is 30.8. The molecule has 4 aliphatic heterocycles. The van der Waals surface area contributed by atoms with E-state index in [1.54, 1.807) is 89.2 Å². The number of nitrogen functional groups attached to an aromatic ring is 2. The highest BCUT2D eigenvalue weighted by atomic mass is 79.9. The zero-order chi connectivity index (χ0) is 77.5. The van der Waals surface area contributed by atoms with Crippen molar-refractivity contribution < 1.29 is 45.7 Å². The van der Waals surface area contributed by atoms with Crippen molar-refractivity contribution >= 4 is 98.2 Å². The first kappa shape index (κ1) is 85.9. The number of halogens is 2. The highest BCUT2D eigenvalue weighted by molar-refractivity contribution is 9.10. The van der Waals surface area contributed by atoms with Crippen LogP contribution in [-0.2, 0) is 29.5 Å². The smallest absolute Gasteiger partial charge is 0.410 e. The second kappa shape index (κ2) is 42.3. The molecule has 570 valence electrons. The number of nitro groups is 2. The molecule has 4 aliphatic rings. The van der Waals surface area contributed by atoms with Gasteiger partial charge in [0, 0.05) is 78.9 Å². The number of nitro benzene ring substituents is 2. The predicted octanol–water partition coefficient (Wildman–Crippen LogP) is 16.7. The van der Waals surface area contributed by atoms with Gasteiger partial charge in [-0.1, -0.05) is 113 Å². The molecule has 6 heterocycles. The van der Waals surface area contributed by atoms with Crippen molar-refractivity contribution in [2.75, 3.05) is 85.8 Å². The number of piperidine rings is 4. The number of benzene rings is 6. The second-order valence-corrected chi connectivity index (χ2v) is 32.9. The maximum atomic E-state index is 12.1. The molecule has 2 aromatic heterocycles. The van der Waals surface area contributed by atoms with Gasteiger partial charge in [-0.2, -0.15) is 0 Å². The molecule has 0 aliphatic carbocycles. The van der Waals surface area contributed by atoms with E-state index in [4.69, 9.17) is 20.9 Å². The first-order valence-electron chi connectivity index (χ1n) is 35.0. The Labute approximate surface area is 640 Å². The molecule has 0 unspecified atom stereocenters. The van der Waals surface area contributed by atoms with Crippen LogP contribution in [0, 0.1) is 20.2 Å². The molecule has 0 spiro atoms. The van der Waals surface area contributed by atoms with E-state index in [1.165, 1.54) is 42.4 Å². The van der Waals surface area contributed by atoms with Crippen LogP contribution in [0.3, 0.4) is 0 Å². The van der Waals surface area contributed by atoms with E-state index in [0.29, 0.717) is 46.6 Å². The van der Waals surface area contributed by atoms with Crippen LogP contribution in [0.15, 0.2) is 204 Å². The number of pyridine rings is 2. The number of hydrogen-bond acceptors (Lipinski definition) is 18. The SMILES string of the molecule is Brc1ccncc1.CC(C)(C)OC(=O)N1CCC(c2ccccc2N)CC1.CC(C)(C)OC(=O)N1CCC(c2ccccc2NS(C)(=O)=O)CC1.CS(=O)(=O)Nc1ccccc1C1CCNCC1.Nc1ccccc1C1CCNCC1.O=[N+]([O-])c1ccccc1-c1ccncc1.O=[N+]([O-])c1ccccc1Br. The number of para-hydroxylation sites is 6. The minimum Gasteiger partial charge on any atom is -0.444 e. The van der Waals surface area contributed by atoms with Crippen LogP contribution in [0.25, 0.3) is 11.1 Å². The summed E-state index contributed by atoms with van der Waals surface area (Å²) >= 11 is 6.33. The van der Waals surface area contributed by atoms with Crippen LogP contribution >= 0.6 is 31.9 Å². The Kier molecular flexibility index (Phi) is 34.3. The number of nitrogens with one attached hydrogen (secondary N) is 4. The van der Waals surface area contributed by atoms with Crippen molar-refractivity contribution in [3.8, 4) is 11.1 Å². The van der Waals surface area contributed by atoms with E-state index >= 15 is 0 Å². The first-order valence-corrected chi connectivity index (χ1v) is 40.4. The molecule has 0 saturated carbocycles. The van der Waals surface area contributed by atoms with E-state index in [-0.39, 0.29) is 34.4 Å². The van der Waals surface area contributed by atoms with Gasteiger partial charge in [0.1, 0.15) is 11.2 Å². The normalized spacial score (nSPS) is 15.0. The fraction of sp³-hybridized carbons (Fsp3) is 0.385. The molecule has 12 rings (SSSR count). The Hall–Kier alpha value is -9.06. The molecule has 6 aromatic carbocycles. The van der Waals surface area contributed by atoms with Gasteiger partial charge in [0.2, 0.25) is 20.0 Å². The standard InChI is InChI=1S/C17H26N2O4S.C16H24N2O2.C12H18N2O2S.C11H8N2O2.C11H16N2.C6H4BrNO2.C5H4BrN/c1-17(2,3)23-16(20)19-11-9-13(10-12-19)14-7-5-6-8-15(14)18-24(4,21)22;1-16(2,3)20-15(19)18-10-8-12(9-11-18)13-6-4-5-7-14(13)17;1-17(15,16)14-12-5-3-2-4-11(12)10-6-8-13-9-7-10;14-13(15)11-4-2-1-3-10(11)9-5-7-12-8-6-9;12-11-4-2-1-3-10(11)9-5-7-13-8-6-9;7-5-3-1-2-4-6(5)8(9)10;6-5-1-3-7-4-2-5/h5-8,13,18H,9-12H2,1-4H3;4-7,12H,8-11,17H2,1-3H3;2-5,10,13-14H,6-9H2,1H3;1-8H;1-4,9,13H,5-8,12H2;1-4H;1-4H. The molecule has 106 heavy (non-hydrogen) atoms. The molecule has 0 atom stereocenters. The molecular weight excluding hydrogens is 1520 g/mol. The van der Waals surface area contributed by atoms with Crippen molar-refractivity contribution in [1.29, 1.82) is 0 Å². The topological polar surface area (TPSA) is 340 Å². The summed E-state index contributed by atoms with van der Waals surface area (Å²) < 4.78 is 63.3. The number of amides is 2. The fourth-order valence-electron chi connectivity index (χ4n) is 12.1. The van der Waals surface area contributed by atoms with E-state index < -0.39 is 36.2 Å². The quantitative estimate of drug-likeness (QED) is 0.0398. The zero-order valence-corrected chi connectivity index (χ0v) is 66.2. The van der Waals surface area contributed by atoms with Gasteiger partial charge in [0.15, 0.2) is 0 Å². The molecule has 4 saturated heterocycles. The van der Waals surface area contributed by atoms with Crippen LogP contribution in [0.2, 0.25) is 0 Å². The van der Waals surface area contributed by atoms with Gasteiger partial charge in [-0.25, -0.2) is 26.4 Å². The number of nitrogens with zero attached hydrogens (tertiary/aromatic N) is 6. The number of aromatic nitrogens is 2. The summed E-state index contributed by atoms with van der Waals surface area (Å²) in [5.74, 6) is 1.77. The summed E-state index contributed by atoms with van der Waals surface area (Å²) in [4.78, 5) is 55.5. The Morgan fingerprint density at radius 1 is 0.472 bits per heavy atom. The van der Waals surface area contributed by atoms with Crippen molar-refractivity contribution in [3.05, 3.63) is 246 Å². The summed E-state index contributed by atoms with van der Waals surface area (Å²) in [7, 11) is -6.52. The van der Waals surface area contributed by atoms with Crippen molar-refractivity contribution in [2.45, 2.75) is 128 Å². The Morgan fingerprint density at radius 2 is 0.792 bits per heavy atom. The fourth-order valence-corrected chi connectivity index (χ4v) is 13.9. The average Bonchev–Trinajstić information content (AvgIpc) is 0.850. The van der Waals surface area contributed by atoms with E-state index in [0.717, 1.165) is 122 Å². The largest absolute Gasteiger partial charge is 0.444 e. The molecule has 4 fully saturated rings. The van der Waals surface area contributed by atoms with Crippen LogP contribution in [0.4, 0.5) is 43.7 Å². The number of carbonyl (C=O) groups is 2. The van der Waals surface area contributed by atoms with Gasteiger partial charge in [0.25, 0.3) is 11.4 Å². The molecule has 0 radical (unpaired) electrons. The summed E-state index contributed by atoms with van der Waals surface area (Å²) in [5.41, 5.74) is 20.4. The molecule has 0 bridgehead atoms. The Bertz CT molecular complexity index is 4300. The number of rotatable bonds is 11. The van der Waals surface area contributed by atoms with Crippen molar-refractivity contribution in [2.24, 2.45) is 0 Å². The summed E-state index contributed by atoms with van der Waals surface area (Å²) in [5, 5.41) is 27.7. The summed E-state index contributed by atoms with van der Waals surface area (Å²) in [6.07, 6.45) is 16.5. The van der Waals surface area contributed by atoms with Crippen molar-refractivity contribution in [3.63, 3.8) is 0 Å². The van der Waals surface area contributed by atoms with Crippen molar-refractivity contribution in [1.82, 2.24) is 30.4 Å². The van der Waals surface area contributed by atoms with Gasteiger partial charge >= 0.3 is 12.2 Å². The lowest BCUT2D eigenvalue weighted by atomic mass is 9.88. The zero-order valence-electron chi connectivity index (χ0n) is 61.4. The lowest BCUT2D eigenvalue weighted by Gasteiger charge is -2.34. The molecule has 8 N–H and O–H groups in total. The number of ether oxygens (including phenoxy) is 2. The van der Waals surface area contributed by atoms with Crippen LogP contribution in [-0.4, -0.2) is 135 Å². The van der Waals surface area contributed by atoms with Crippen LogP contribution in [0.5, 0.6) is 0 Å². The number of nitrogens with two attached hydrogens (primary N) is 2. The Balaban J connectivity index is 0.000000199. The third-order valence-electron chi connectivity index (χ3n) is 17.0. The summed E-state index contributed by atoms with van der Waals surface area (Å²) in [6.45, 7) is 18.1. The average molecular weight is 1620 g/mol. The van der Waals surface area contributed by atoms with Gasteiger partial charge in [-0.15, -0.1) is 0 Å². The van der Waals surface area contributed by atoms with Gasteiger partial charge in [-0.3, -0.25) is 39.6 Å². The maximum Gasteiger partial charge on any atom is 0.410 e. The number of sulfonamides is 2. The van der Waals surface area contributed by atoms with Gasteiger partial charge in [-0.05, 0) is 247 Å². The predicted molar refractivity (Wildman–Crippen MR) is 430 cm³/mol. The highest BCUT2D eigenvalue weighted by Crippen LogP contribution is 2.37. The maximum absolute atomic E-state index is 12.1.